The Morgan fingerprint density at radius 2 is 1.32 bits per heavy atom. The van der Waals surface area contributed by atoms with Crippen molar-refractivity contribution in [3.05, 3.63) is 90.0 Å². The van der Waals surface area contributed by atoms with Crippen molar-refractivity contribution >= 4 is 17.1 Å². The van der Waals surface area contributed by atoms with E-state index in [1.807, 2.05) is 0 Å². The molecule has 0 radical (unpaired) electrons. The second kappa shape index (κ2) is 6.48. The van der Waals surface area contributed by atoms with Crippen LogP contribution in [0.5, 0.6) is 0 Å². The molecule has 0 aliphatic carbocycles. The molecule has 0 amide bonds. The van der Waals surface area contributed by atoms with Crippen LogP contribution in [0.1, 0.15) is 18.1 Å². The van der Waals surface area contributed by atoms with E-state index in [1.54, 1.807) is 0 Å². The minimum absolute atomic E-state index is 1.05. The molecule has 0 heterocycles. The molecule has 0 fully saturated rings. The number of aryl methyl sites for hydroxylation is 2. The third-order valence-corrected chi connectivity index (χ3v) is 3.88. The lowest BCUT2D eigenvalue weighted by Gasteiger charge is -2.26. The molecule has 0 atom stereocenters. The fourth-order valence-electron chi connectivity index (χ4n) is 2.63. The molecule has 3 aromatic carbocycles. The molecule has 0 saturated carbocycles. The monoisotopic (exact) mass is 287 g/mol. The smallest absolute Gasteiger partial charge is 0.0464 e. The summed E-state index contributed by atoms with van der Waals surface area (Å²) in [5.41, 5.74) is 6.20. The summed E-state index contributed by atoms with van der Waals surface area (Å²) in [7, 11) is 0. The number of hydrogen-bond donors (Lipinski definition) is 0. The van der Waals surface area contributed by atoms with Crippen LogP contribution in [0.4, 0.5) is 17.1 Å². The van der Waals surface area contributed by atoms with Crippen molar-refractivity contribution < 1.29 is 0 Å². The summed E-state index contributed by atoms with van der Waals surface area (Å²) in [6, 6.07) is 28.0. The summed E-state index contributed by atoms with van der Waals surface area (Å²) in [5.74, 6) is 0. The SMILES string of the molecule is CCc1cccc(N(c2ccccc2)c2ccc(C)cc2)c1. The lowest BCUT2D eigenvalue weighted by molar-refractivity contribution is 1.13. The van der Waals surface area contributed by atoms with E-state index < -0.39 is 0 Å². The summed E-state index contributed by atoms with van der Waals surface area (Å²) >= 11 is 0. The van der Waals surface area contributed by atoms with Crippen molar-refractivity contribution in [1.29, 1.82) is 0 Å². The van der Waals surface area contributed by atoms with Gasteiger partial charge in [-0.1, -0.05) is 55.0 Å². The van der Waals surface area contributed by atoms with E-state index in [-0.39, 0.29) is 0 Å². The highest BCUT2D eigenvalue weighted by atomic mass is 15.1. The van der Waals surface area contributed by atoms with Crippen LogP contribution in [0.3, 0.4) is 0 Å². The quantitative estimate of drug-likeness (QED) is 0.566. The molecule has 0 spiro atoms. The maximum absolute atomic E-state index is 2.30. The minimum atomic E-state index is 1.05. The second-order valence-electron chi connectivity index (χ2n) is 5.53. The van der Waals surface area contributed by atoms with Crippen LogP contribution < -0.4 is 4.90 Å². The Bertz CT molecular complexity index is 729. The fraction of sp³-hybridized carbons (Fsp3) is 0.143. The van der Waals surface area contributed by atoms with Crippen LogP contribution in [0.2, 0.25) is 0 Å². The van der Waals surface area contributed by atoms with E-state index in [0.29, 0.717) is 0 Å². The van der Waals surface area contributed by atoms with Crippen molar-refractivity contribution in [2.75, 3.05) is 4.90 Å². The topological polar surface area (TPSA) is 3.24 Å². The summed E-state index contributed by atoms with van der Waals surface area (Å²) in [6.45, 7) is 4.31. The molecule has 0 saturated heterocycles. The summed E-state index contributed by atoms with van der Waals surface area (Å²) in [4.78, 5) is 2.30. The van der Waals surface area contributed by atoms with Crippen LogP contribution in [0.15, 0.2) is 78.9 Å². The molecule has 0 unspecified atom stereocenters. The Morgan fingerprint density at radius 1 is 0.682 bits per heavy atom. The molecular formula is C21H21N. The molecule has 1 nitrogen and oxygen atoms in total. The first-order valence-corrected chi connectivity index (χ1v) is 7.78. The normalized spacial score (nSPS) is 10.5. The maximum atomic E-state index is 2.30. The van der Waals surface area contributed by atoms with Crippen LogP contribution >= 0.6 is 0 Å². The van der Waals surface area contributed by atoms with Gasteiger partial charge in [-0.3, -0.25) is 0 Å². The Morgan fingerprint density at radius 3 is 2.00 bits per heavy atom. The highest BCUT2D eigenvalue weighted by Gasteiger charge is 2.11. The van der Waals surface area contributed by atoms with Gasteiger partial charge in [0.2, 0.25) is 0 Å². The third kappa shape index (κ3) is 3.04. The zero-order valence-electron chi connectivity index (χ0n) is 13.2. The van der Waals surface area contributed by atoms with E-state index >= 15 is 0 Å². The molecule has 0 aliphatic rings. The number of rotatable bonds is 4. The molecule has 0 aliphatic heterocycles. The molecule has 3 rings (SSSR count). The van der Waals surface area contributed by atoms with Crippen molar-refractivity contribution in [2.24, 2.45) is 0 Å². The van der Waals surface area contributed by atoms with E-state index in [0.717, 1.165) is 6.42 Å². The summed E-state index contributed by atoms with van der Waals surface area (Å²) in [6.07, 6.45) is 1.05. The molecule has 22 heavy (non-hydrogen) atoms. The van der Waals surface area contributed by atoms with Gasteiger partial charge in [0.05, 0.1) is 0 Å². The molecule has 3 aromatic rings. The van der Waals surface area contributed by atoms with Gasteiger partial charge in [-0.05, 0) is 55.3 Å². The van der Waals surface area contributed by atoms with Gasteiger partial charge in [-0.15, -0.1) is 0 Å². The van der Waals surface area contributed by atoms with E-state index in [1.165, 1.54) is 28.2 Å². The van der Waals surface area contributed by atoms with Crippen molar-refractivity contribution in [3.8, 4) is 0 Å². The number of para-hydroxylation sites is 1. The zero-order valence-corrected chi connectivity index (χ0v) is 13.2. The summed E-state index contributed by atoms with van der Waals surface area (Å²) < 4.78 is 0. The minimum Gasteiger partial charge on any atom is -0.310 e. The van der Waals surface area contributed by atoms with Crippen LogP contribution in [-0.4, -0.2) is 0 Å². The van der Waals surface area contributed by atoms with Gasteiger partial charge < -0.3 is 4.90 Å². The van der Waals surface area contributed by atoms with Crippen LogP contribution in [0.25, 0.3) is 0 Å². The standard InChI is InChI=1S/C21H21N/c1-3-18-8-7-11-21(16-18)22(19-9-5-4-6-10-19)20-14-12-17(2)13-15-20/h4-16H,3H2,1-2H3. The van der Waals surface area contributed by atoms with E-state index in [4.69, 9.17) is 0 Å². The first kappa shape index (κ1) is 14.4. The van der Waals surface area contributed by atoms with Crippen LogP contribution in [0, 0.1) is 6.92 Å². The molecule has 0 N–H and O–H groups in total. The molecule has 0 bridgehead atoms. The van der Waals surface area contributed by atoms with Gasteiger partial charge in [0.15, 0.2) is 0 Å². The fourth-order valence-corrected chi connectivity index (χ4v) is 2.63. The van der Waals surface area contributed by atoms with Gasteiger partial charge in [0.25, 0.3) is 0 Å². The van der Waals surface area contributed by atoms with Gasteiger partial charge in [0, 0.05) is 17.1 Å². The predicted octanol–water partition coefficient (Wildman–Crippen LogP) is 6.03. The third-order valence-electron chi connectivity index (χ3n) is 3.88. The van der Waals surface area contributed by atoms with Crippen molar-refractivity contribution in [2.45, 2.75) is 20.3 Å². The average molecular weight is 287 g/mol. The number of anilines is 3. The first-order chi connectivity index (χ1) is 10.8. The predicted molar refractivity (Wildman–Crippen MR) is 95.2 cm³/mol. The highest BCUT2D eigenvalue weighted by molar-refractivity contribution is 5.76. The molecule has 1 heteroatoms. The number of benzene rings is 3. The first-order valence-electron chi connectivity index (χ1n) is 7.78. The number of hydrogen-bond acceptors (Lipinski definition) is 1. The van der Waals surface area contributed by atoms with Gasteiger partial charge in [-0.2, -0.15) is 0 Å². The largest absolute Gasteiger partial charge is 0.310 e. The molecular weight excluding hydrogens is 266 g/mol. The van der Waals surface area contributed by atoms with Crippen molar-refractivity contribution in [3.63, 3.8) is 0 Å². The Kier molecular flexibility index (Phi) is 4.24. The number of nitrogens with zero attached hydrogens (tertiary/aromatic N) is 1. The van der Waals surface area contributed by atoms with Gasteiger partial charge in [-0.25, -0.2) is 0 Å². The lowest BCUT2D eigenvalue weighted by atomic mass is 10.1. The molecule has 110 valence electrons. The summed E-state index contributed by atoms with van der Waals surface area (Å²) in [5, 5.41) is 0. The van der Waals surface area contributed by atoms with Gasteiger partial charge >= 0.3 is 0 Å². The molecule has 0 aromatic heterocycles. The van der Waals surface area contributed by atoms with Crippen molar-refractivity contribution in [1.82, 2.24) is 0 Å². The van der Waals surface area contributed by atoms with Gasteiger partial charge in [0.1, 0.15) is 0 Å². The van der Waals surface area contributed by atoms with Crippen LogP contribution in [-0.2, 0) is 6.42 Å². The Hall–Kier alpha value is -2.54. The second-order valence-corrected chi connectivity index (χ2v) is 5.53. The highest BCUT2D eigenvalue weighted by Crippen LogP contribution is 2.34. The lowest BCUT2D eigenvalue weighted by Crippen LogP contribution is -2.10. The Balaban J connectivity index is 2.12. The van der Waals surface area contributed by atoms with E-state index in [9.17, 15) is 0 Å². The Labute approximate surface area is 132 Å². The average Bonchev–Trinajstić information content (AvgIpc) is 2.58. The zero-order chi connectivity index (χ0) is 15.4. The maximum Gasteiger partial charge on any atom is 0.0464 e. The van der Waals surface area contributed by atoms with E-state index in [2.05, 4.69) is 97.6 Å².